The van der Waals surface area contributed by atoms with E-state index in [1.807, 2.05) is 7.05 Å². The fraction of sp³-hybridized carbons (Fsp3) is 1.00. The summed E-state index contributed by atoms with van der Waals surface area (Å²) in [4.78, 5) is 0. The predicted molar refractivity (Wildman–Crippen MR) is 69.9 cm³/mol. The summed E-state index contributed by atoms with van der Waals surface area (Å²) in [6.07, 6.45) is 1.17. The van der Waals surface area contributed by atoms with E-state index in [4.69, 9.17) is 0 Å². The van der Waals surface area contributed by atoms with Crippen molar-refractivity contribution in [2.75, 3.05) is 30.6 Å². The van der Waals surface area contributed by atoms with Crippen LogP contribution in [0.4, 0.5) is 0 Å². The third-order valence-corrected chi connectivity index (χ3v) is 5.00. The van der Waals surface area contributed by atoms with Gasteiger partial charge in [0, 0.05) is 34.6 Å². The van der Waals surface area contributed by atoms with Crippen LogP contribution in [0.2, 0.25) is 0 Å². The van der Waals surface area contributed by atoms with Crippen LogP contribution < -0.4 is 5.32 Å². The summed E-state index contributed by atoms with van der Waals surface area (Å²) in [6.45, 7) is 6.21. The zero-order valence-corrected chi connectivity index (χ0v) is 12.4. The Morgan fingerprint density at radius 2 is 1.81 bits per heavy atom. The highest BCUT2D eigenvalue weighted by molar-refractivity contribution is 7.92. The van der Waals surface area contributed by atoms with Crippen molar-refractivity contribution in [2.24, 2.45) is 5.41 Å². The maximum Gasteiger partial charge on any atom is 0.148 e. The van der Waals surface area contributed by atoms with Gasteiger partial charge in [-0.3, -0.25) is 4.21 Å². The lowest BCUT2D eigenvalue weighted by Crippen LogP contribution is -2.42. The van der Waals surface area contributed by atoms with Gasteiger partial charge in [0.1, 0.15) is 9.84 Å². The first kappa shape index (κ1) is 16.1. The lowest BCUT2D eigenvalue weighted by atomic mass is 9.88. The minimum absolute atomic E-state index is 0.000187. The molecule has 0 aromatic rings. The summed E-state index contributed by atoms with van der Waals surface area (Å²) < 4.78 is 33.6. The number of hydrogen-bond acceptors (Lipinski definition) is 4. The average Bonchev–Trinajstić information content (AvgIpc) is 2.07. The maximum atomic E-state index is 11.7. The van der Waals surface area contributed by atoms with Crippen molar-refractivity contribution in [3.8, 4) is 0 Å². The molecule has 0 aliphatic rings. The van der Waals surface area contributed by atoms with Gasteiger partial charge in [-0.1, -0.05) is 20.8 Å². The Hall–Kier alpha value is 0.0600. The van der Waals surface area contributed by atoms with E-state index < -0.39 is 20.6 Å². The zero-order chi connectivity index (χ0) is 13.0. The summed E-state index contributed by atoms with van der Waals surface area (Å²) in [6, 6.07) is 0.132. The molecule has 16 heavy (non-hydrogen) atoms. The first-order chi connectivity index (χ1) is 7.06. The molecule has 0 bridgehead atoms. The third kappa shape index (κ3) is 7.35. The van der Waals surface area contributed by atoms with Crippen LogP contribution in [-0.4, -0.2) is 49.2 Å². The van der Waals surface area contributed by atoms with Crippen LogP contribution in [0, 0.1) is 5.41 Å². The van der Waals surface area contributed by atoms with E-state index in [2.05, 4.69) is 26.1 Å². The molecular weight excluding hydrogens is 246 g/mol. The number of nitrogens with one attached hydrogen (secondary N) is 1. The van der Waals surface area contributed by atoms with Crippen molar-refractivity contribution in [1.29, 1.82) is 0 Å². The molecule has 0 rings (SSSR count). The largest absolute Gasteiger partial charge is 0.316 e. The quantitative estimate of drug-likeness (QED) is 0.759. The van der Waals surface area contributed by atoms with E-state index in [1.165, 1.54) is 6.26 Å². The van der Waals surface area contributed by atoms with Crippen LogP contribution in [0.3, 0.4) is 0 Å². The SMILES string of the molecule is CNC(CS(=O)CCS(C)(=O)=O)C(C)(C)C. The van der Waals surface area contributed by atoms with Crippen LogP contribution in [-0.2, 0) is 20.6 Å². The highest BCUT2D eigenvalue weighted by atomic mass is 32.2. The molecule has 0 heterocycles. The molecule has 4 nitrogen and oxygen atoms in total. The number of hydrogen-bond donors (Lipinski definition) is 1. The summed E-state index contributed by atoms with van der Waals surface area (Å²) in [5, 5.41) is 3.13. The van der Waals surface area contributed by atoms with Gasteiger partial charge in [0.15, 0.2) is 0 Å². The normalized spacial score (nSPS) is 17.1. The van der Waals surface area contributed by atoms with E-state index in [-0.39, 0.29) is 23.0 Å². The molecule has 6 heteroatoms. The maximum absolute atomic E-state index is 11.7. The summed E-state index contributed by atoms with van der Waals surface area (Å²) in [5.41, 5.74) is 0.0233. The second kappa shape index (κ2) is 6.12. The second-order valence-electron chi connectivity index (χ2n) is 5.15. The molecule has 0 saturated heterocycles. The molecule has 0 fully saturated rings. The number of rotatable bonds is 6. The van der Waals surface area contributed by atoms with E-state index in [0.717, 1.165) is 0 Å². The fourth-order valence-corrected chi connectivity index (χ4v) is 4.44. The molecule has 0 spiro atoms. The zero-order valence-electron chi connectivity index (χ0n) is 10.7. The van der Waals surface area contributed by atoms with Gasteiger partial charge in [-0.25, -0.2) is 8.42 Å². The van der Waals surface area contributed by atoms with Gasteiger partial charge in [0.05, 0.1) is 5.75 Å². The van der Waals surface area contributed by atoms with Crippen LogP contribution in [0.5, 0.6) is 0 Å². The lowest BCUT2D eigenvalue weighted by Gasteiger charge is -2.29. The van der Waals surface area contributed by atoms with Crippen LogP contribution >= 0.6 is 0 Å². The molecule has 0 aromatic carbocycles. The minimum Gasteiger partial charge on any atom is -0.316 e. The highest BCUT2D eigenvalue weighted by Crippen LogP contribution is 2.19. The number of sulfone groups is 1. The van der Waals surface area contributed by atoms with Crippen molar-refractivity contribution in [3.05, 3.63) is 0 Å². The van der Waals surface area contributed by atoms with Gasteiger partial charge in [-0.2, -0.15) is 0 Å². The third-order valence-electron chi connectivity index (χ3n) is 2.43. The van der Waals surface area contributed by atoms with Crippen LogP contribution in [0.15, 0.2) is 0 Å². The van der Waals surface area contributed by atoms with Gasteiger partial charge in [-0.15, -0.1) is 0 Å². The van der Waals surface area contributed by atoms with Crippen molar-refractivity contribution >= 4 is 20.6 Å². The topological polar surface area (TPSA) is 63.2 Å². The van der Waals surface area contributed by atoms with Crippen LogP contribution in [0.25, 0.3) is 0 Å². The molecule has 98 valence electrons. The van der Waals surface area contributed by atoms with E-state index in [9.17, 15) is 12.6 Å². The van der Waals surface area contributed by atoms with Gasteiger partial charge < -0.3 is 5.32 Å². The van der Waals surface area contributed by atoms with Gasteiger partial charge >= 0.3 is 0 Å². The molecule has 2 unspecified atom stereocenters. The standard InChI is InChI=1S/C10H23NO3S2/c1-10(2,3)9(11-4)8-15(12)6-7-16(5,13)14/h9,11H,6-8H2,1-5H3. The molecule has 1 N–H and O–H groups in total. The summed E-state index contributed by atoms with van der Waals surface area (Å²) in [5.74, 6) is 0.725. The van der Waals surface area contributed by atoms with Crippen molar-refractivity contribution in [3.63, 3.8) is 0 Å². The Labute approximate surface area is 102 Å². The monoisotopic (exact) mass is 269 g/mol. The smallest absolute Gasteiger partial charge is 0.148 e. The van der Waals surface area contributed by atoms with E-state index in [0.29, 0.717) is 5.75 Å². The molecule has 0 aliphatic heterocycles. The Kier molecular flexibility index (Phi) is 6.14. The van der Waals surface area contributed by atoms with Gasteiger partial charge in [0.2, 0.25) is 0 Å². The molecule has 0 aliphatic carbocycles. The molecule has 0 saturated carbocycles. The molecule has 0 aromatic heterocycles. The summed E-state index contributed by atoms with van der Waals surface area (Å²) >= 11 is 0. The van der Waals surface area contributed by atoms with Gasteiger partial charge in [-0.05, 0) is 12.5 Å². The van der Waals surface area contributed by atoms with E-state index >= 15 is 0 Å². The Morgan fingerprint density at radius 1 is 1.31 bits per heavy atom. The minimum atomic E-state index is -3.01. The summed E-state index contributed by atoms with van der Waals surface area (Å²) in [7, 11) is -2.26. The molecule has 0 amide bonds. The van der Waals surface area contributed by atoms with Crippen LogP contribution in [0.1, 0.15) is 20.8 Å². The highest BCUT2D eigenvalue weighted by Gasteiger charge is 2.24. The van der Waals surface area contributed by atoms with Crippen molar-refractivity contribution < 1.29 is 12.6 Å². The van der Waals surface area contributed by atoms with Gasteiger partial charge in [0.25, 0.3) is 0 Å². The first-order valence-electron chi connectivity index (χ1n) is 5.26. The average molecular weight is 269 g/mol. The molecule has 0 radical (unpaired) electrons. The predicted octanol–water partition coefficient (Wildman–Crippen LogP) is 0.414. The Morgan fingerprint density at radius 3 is 2.12 bits per heavy atom. The van der Waals surface area contributed by atoms with E-state index in [1.54, 1.807) is 0 Å². The second-order valence-corrected chi connectivity index (χ2v) is 9.03. The Balaban J connectivity index is 4.23. The Bertz CT molecular complexity index is 330. The fourth-order valence-electron chi connectivity index (χ4n) is 1.28. The molecular formula is C10H23NO3S2. The molecule has 2 atom stereocenters. The van der Waals surface area contributed by atoms with Crippen molar-refractivity contribution in [1.82, 2.24) is 5.32 Å². The lowest BCUT2D eigenvalue weighted by molar-refractivity contribution is 0.304. The van der Waals surface area contributed by atoms with Crippen molar-refractivity contribution in [2.45, 2.75) is 26.8 Å². The first-order valence-corrected chi connectivity index (χ1v) is 8.81.